The maximum Gasteiger partial charge on any atom is 0.320 e. The van der Waals surface area contributed by atoms with Crippen LogP contribution in [0.4, 0.5) is 11.6 Å². The van der Waals surface area contributed by atoms with Crippen LogP contribution >= 0.6 is 0 Å². The molecular weight excluding hydrogens is 761 g/mol. The minimum Gasteiger partial charge on any atom is -0.363 e. The van der Waals surface area contributed by atoms with Gasteiger partial charge in [-0.3, -0.25) is 0 Å². The van der Waals surface area contributed by atoms with Gasteiger partial charge in [-0.25, -0.2) is 9.97 Å². The van der Waals surface area contributed by atoms with Gasteiger partial charge in [0.15, 0.2) is 0 Å². The van der Waals surface area contributed by atoms with Crippen LogP contribution in [0.5, 0.6) is 0 Å². The summed E-state index contributed by atoms with van der Waals surface area (Å²) in [6, 6.07) is 88.3. The normalized spacial score (nSPS) is 14.2. The second-order valence-electron chi connectivity index (χ2n) is 15.3. The van der Waals surface area contributed by atoms with Crippen molar-refractivity contribution >= 4 is 70.7 Å². The number of benzene rings is 8. The maximum atomic E-state index is 5.88. The van der Waals surface area contributed by atoms with Crippen molar-refractivity contribution in [3.05, 3.63) is 243 Å². The highest BCUT2D eigenvalue weighted by Crippen LogP contribution is 2.47. The third-order valence-electron chi connectivity index (χ3n) is 12.0. The van der Waals surface area contributed by atoms with Gasteiger partial charge in [0.05, 0.1) is 11.4 Å². The van der Waals surface area contributed by atoms with E-state index in [9.17, 15) is 0 Å². The van der Waals surface area contributed by atoms with Crippen LogP contribution in [-0.2, 0) is 0 Å². The number of hydrogen-bond acceptors (Lipinski definition) is 4. The maximum absolute atomic E-state index is 5.88. The van der Waals surface area contributed by atoms with Crippen molar-refractivity contribution in [2.75, 3.05) is 8.46 Å². The van der Waals surface area contributed by atoms with Crippen LogP contribution in [0.15, 0.2) is 243 Å². The molecule has 4 nitrogen and oxygen atoms in total. The van der Waals surface area contributed by atoms with E-state index in [-0.39, 0.29) is 0 Å². The summed E-state index contributed by atoms with van der Waals surface area (Å²) in [7, 11) is -6.71. The largest absolute Gasteiger partial charge is 0.363 e. The summed E-state index contributed by atoms with van der Waals surface area (Å²) in [5, 5.41) is 9.62. The van der Waals surface area contributed by atoms with Crippen molar-refractivity contribution in [1.82, 2.24) is 9.97 Å². The predicted molar refractivity (Wildman–Crippen MR) is 255 cm³/mol. The Bertz CT molecular complexity index is 2790. The zero-order valence-corrected chi connectivity index (χ0v) is 34.9. The van der Waals surface area contributed by atoms with E-state index in [4.69, 9.17) is 9.97 Å². The Kier molecular flexibility index (Phi) is 8.80. The SMILES string of the molecule is c1ccc(-c2nc(N3[Si](c4ccccc4)(c4ccccc4)N(c4cc5ccccc5c(-c5ccccc5)n4)[Si]3(c3ccccc3)c3ccccc3)cc3ccccc23)cc1. The molecule has 0 aliphatic carbocycles. The summed E-state index contributed by atoms with van der Waals surface area (Å²) in [5.74, 6) is 1.93. The molecule has 6 heteroatoms. The topological polar surface area (TPSA) is 32.3 Å². The summed E-state index contributed by atoms with van der Waals surface area (Å²) in [5.41, 5.74) is 4.14. The van der Waals surface area contributed by atoms with Crippen LogP contribution in [0.1, 0.15) is 0 Å². The van der Waals surface area contributed by atoms with Crippen LogP contribution in [0.25, 0.3) is 44.1 Å². The van der Waals surface area contributed by atoms with E-state index < -0.39 is 16.8 Å². The average molecular weight is 801 g/mol. The van der Waals surface area contributed by atoms with Crippen LogP contribution < -0.4 is 29.2 Å². The number of nitrogens with zero attached hydrogens (tertiary/aromatic N) is 4. The molecule has 1 fully saturated rings. The van der Waals surface area contributed by atoms with Crippen LogP contribution in [-0.4, -0.2) is 26.8 Å². The molecule has 11 rings (SSSR count). The molecule has 0 amide bonds. The summed E-state index contributed by atoms with van der Waals surface area (Å²) >= 11 is 0. The molecule has 0 spiro atoms. The molecule has 0 atom stereocenters. The van der Waals surface area contributed by atoms with Crippen LogP contribution in [0, 0.1) is 0 Å². The van der Waals surface area contributed by atoms with Crippen molar-refractivity contribution in [3.63, 3.8) is 0 Å². The zero-order valence-electron chi connectivity index (χ0n) is 32.9. The number of fused-ring (bicyclic) bond motifs is 2. The van der Waals surface area contributed by atoms with Gasteiger partial charge in [0.1, 0.15) is 11.6 Å². The van der Waals surface area contributed by atoms with Gasteiger partial charge < -0.3 is 8.46 Å². The lowest BCUT2D eigenvalue weighted by molar-refractivity contribution is 1.14. The first-order valence-corrected chi connectivity index (χ1v) is 24.3. The lowest BCUT2D eigenvalue weighted by Gasteiger charge is -2.71. The van der Waals surface area contributed by atoms with Gasteiger partial charge in [-0.05, 0) is 43.7 Å². The van der Waals surface area contributed by atoms with Gasteiger partial charge in [-0.2, -0.15) is 0 Å². The summed E-state index contributed by atoms with van der Waals surface area (Å²) in [4.78, 5) is 11.8. The third-order valence-corrected chi connectivity index (χ3v) is 23.9. The molecule has 10 aromatic rings. The summed E-state index contributed by atoms with van der Waals surface area (Å²) in [6.45, 7) is 0. The molecule has 3 heterocycles. The number of hydrogen-bond donors (Lipinski definition) is 0. The van der Waals surface area contributed by atoms with Gasteiger partial charge in [0, 0.05) is 21.9 Å². The summed E-state index contributed by atoms with van der Waals surface area (Å²) < 4.78 is 5.71. The third kappa shape index (κ3) is 5.49. The predicted octanol–water partition coefficient (Wildman–Crippen LogP) is 9.96. The Morgan fingerprint density at radius 1 is 0.283 bits per heavy atom. The standard InChI is InChI=1S/C54H40N4Si2/c1-7-23-41(24-8-1)53-49-37-21-19-27-43(49)39-51(55-53)57-59(45-29-11-3-12-30-45,46-31-13-4-14-32-46)58(60(57,47-33-15-5-16-34-47)48-35-17-6-18-36-48)52-40-44-28-20-22-38-50(44)54(56-52)42-25-9-2-10-26-42/h1-40H. The van der Waals surface area contributed by atoms with Crippen molar-refractivity contribution < 1.29 is 0 Å². The molecule has 0 unspecified atom stereocenters. The number of anilines is 2. The number of aromatic nitrogens is 2. The molecule has 0 N–H and O–H groups in total. The fourth-order valence-electron chi connectivity index (χ4n) is 9.57. The van der Waals surface area contributed by atoms with Crippen LogP contribution in [0.3, 0.4) is 0 Å². The highest BCUT2D eigenvalue weighted by Gasteiger charge is 2.76. The second-order valence-corrected chi connectivity index (χ2v) is 23.0. The Labute approximate surface area is 352 Å². The molecule has 1 saturated heterocycles. The van der Waals surface area contributed by atoms with Crippen molar-refractivity contribution in [2.45, 2.75) is 0 Å². The van der Waals surface area contributed by atoms with E-state index in [1.54, 1.807) is 0 Å². The Morgan fingerprint density at radius 2 is 0.550 bits per heavy atom. The smallest absolute Gasteiger partial charge is 0.320 e. The van der Waals surface area contributed by atoms with Crippen molar-refractivity contribution in [3.8, 4) is 22.5 Å². The second kappa shape index (κ2) is 14.8. The fraction of sp³-hybridized carbons (Fsp3) is 0. The molecule has 60 heavy (non-hydrogen) atoms. The molecule has 0 radical (unpaired) electrons. The van der Waals surface area contributed by atoms with E-state index in [1.165, 1.54) is 20.7 Å². The van der Waals surface area contributed by atoms with E-state index >= 15 is 0 Å². The quantitative estimate of drug-likeness (QED) is 0.143. The van der Waals surface area contributed by atoms with Crippen molar-refractivity contribution in [1.29, 1.82) is 0 Å². The summed E-state index contributed by atoms with van der Waals surface area (Å²) in [6.07, 6.45) is 0. The van der Waals surface area contributed by atoms with E-state index in [1.807, 2.05) is 0 Å². The molecule has 2 aromatic heterocycles. The van der Waals surface area contributed by atoms with Crippen molar-refractivity contribution in [2.24, 2.45) is 0 Å². The molecule has 8 aromatic carbocycles. The highest BCUT2D eigenvalue weighted by atomic mass is 28.5. The fourth-order valence-corrected chi connectivity index (χ4v) is 24.5. The first-order valence-electron chi connectivity index (χ1n) is 20.5. The van der Waals surface area contributed by atoms with Gasteiger partial charge in [-0.1, -0.05) is 231 Å². The van der Waals surface area contributed by atoms with Gasteiger partial charge in [0.2, 0.25) is 0 Å². The minimum absolute atomic E-state index is 0.964. The first-order chi connectivity index (χ1) is 29.8. The molecular formula is C54H40N4Si2. The van der Waals surface area contributed by atoms with Gasteiger partial charge >= 0.3 is 16.8 Å². The first kappa shape index (κ1) is 35.8. The number of pyridine rings is 2. The molecule has 1 aliphatic rings. The Balaban J connectivity index is 1.34. The molecule has 284 valence electrons. The van der Waals surface area contributed by atoms with Crippen LogP contribution in [0.2, 0.25) is 0 Å². The molecule has 0 saturated carbocycles. The Morgan fingerprint density at radius 3 is 0.867 bits per heavy atom. The zero-order chi connectivity index (χ0) is 39.9. The van der Waals surface area contributed by atoms with Gasteiger partial charge in [0.25, 0.3) is 0 Å². The minimum atomic E-state index is -3.36. The lowest BCUT2D eigenvalue weighted by Crippen LogP contribution is -3.07. The number of rotatable bonds is 8. The van der Waals surface area contributed by atoms with Gasteiger partial charge in [-0.15, -0.1) is 0 Å². The molecule has 1 aliphatic heterocycles. The van der Waals surface area contributed by atoms with E-state index in [2.05, 4.69) is 251 Å². The van der Waals surface area contributed by atoms with E-state index in [0.717, 1.165) is 55.7 Å². The highest BCUT2D eigenvalue weighted by molar-refractivity contribution is 7.38. The van der Waals surface area contributed by atoms with E-state index in [0.29, 0.717) is 0 Å². The monoisotopic (exact) mass is 800 g/mol. The molecule has 0 bridgehead atoms. The average Bonchev–Trinajstić information content (AvgIpc) is 3.33. The Hall–Kier alpha value is -7.39. The lowest BCUT2D eigenvalue weighted by atomic mass is 10.0.